The number of Topliss-reactive ketones (excluding diaryl/α,β-unsaturated/α-hetero) is 1. The minimum absolute atomic E-state index is 0.0250. The van der Waals surface area contributed by atoms with E-state index >= 15 is 0 Å². The Kier molecular flexibility index (Phi) is 7.82. The number of ether oxygens (including phenoxy) is 4. The zero-order valence-electron chi connectivity index (χ0n) is 23.4. The average molecular weight is 603 g/mol. The summed E-state index contributed by atoms with van der Waals surface area (Å²) in [5.41, 5.74) is -3.15. The van der Waals surface area contributed by atoms with Crippen LogP contribution in [0.3, 0.4) is 0 Å². The fraction of sp³-hybridized carbons (Fsp3) is 0.467. The number of rotatable bonds is 6. The summed E-state index contributed by atoms with van der Waals surface area (Å²) < 4.78 is 22.8. The summed E-state index contributed by atoms with van der Waals surface area (Å²) in [6.45, 7) is 4.47. The third kappa shape index (κ3) is 4.74. The Labute approximate surface area is 246 Å². The van der Waals surface area contributed by atoms with Gasteiger partial charge in [0.25, 0.3) is 0 Å². The fourth-order valence-corrected chi connectivity index (χ4v) is 6.36. The maximum absolute atomic E-state index is 13.7. The second-order valence-corrected chi connectivity index (χ2v) is 11.4. The number of hydrogen-bond donors (Lipinski definition) is 3. The first-order chi connectivity index (χ1) is 19.8. The predicted molar refractivity (Wildman–Crippen MR) is 146 cm³/mol. The Morgan fingerprint density at radius 2 is 1.81 bits per heavy atom. The third-order valence-corrected chi connectivity index (χ3v) is 8.63. The quantitative estimate of drug-likeness (QED) is 0.215. The second kappa shape index (κ2) is 11.0. The molecule has 6 atom stereocenters. The minimum atomic E-state index is -2.03. The highest BCUT2D eigenvalue weighted by atomic mass is 35.5. The number of hydrogen-bond acceptors (Lipinski definition) is 11. The molecule has 5 rings (SSSR count). The zero-order valence-corrected chi connectivity index (χ0v) is 24.2. The molecule has 1 fully saturated rings. The lowest BCUT2D eigenvalue weighted by Crippen LogP contribution is -2.49. The molecule has 42 heavy (non-hydrogen) atoms. The molecule has 224 valence electrons. The molecule has 12 heteroatoms. The molecule has 1 saturated heterocycles. The van der Waals surface area contributed by atoms with Gasteiger partial charge in [-0.2, -0.15) is 0 Å². The Balaban J connectivity index is 1.59. The predicted octanol–water partition coefficient (Wildman–Crippen LogP) is 3.27. The van der Waals surface area contributed by atoms with E-state index in [0.29, 0.717) is 0 Å². The van der Waals surface area contributed by atoms with Crippen LogP contribution < -0.4 is 4.74 Å². The Morgan fingerprint density at radius 1 is 1.12 bits per heavy atom. The summed E-state index contributed by atoms with van der Waals surface area (Å²) in [5.74, 6) is -3.70. The molecule has 2 aromatic rings. The highest BCUT2D eigenvalue weighted by Gasteiger charge is 2.49. The number of halogens is 1. The Hall–Kier alpha value is -3.51. The van der Waals surface area contributed by atoms with Gasteiger partial charge in [0.15, 0.2) is 17.9 Å². The van der Waals surface area contributed by atoms with E-state index in [1.165, 1.54) is 32.2 Å². The number of aliphatic hydroxyl groups is 1. The standard InChI is InChI=1S/C30H31ClO11/c1-5-19(33)42-29-12(2)40-20(9-16(29)31)41-18-11-30(38,13(3)32)10-15-22(18)28(37)24-23(26(15)35)25(34)14-7-6-8-17(39-4)21(14)27(24)36/h6-8,12,16,18,20,29,35,37-38H,5,9-11H2,1-4H3/t12-,16-,18-,20-,29-,30-/m0/s1. The molecule has 3 N–H and O–H groups in total. The minimum Gasteiger partial charge on any atom is -0.507 e. The molecular formula is C30H31ClO11. The van der Waals surface area contributed by atoms with Crippen LogP contribution in [0.15, 0.2) is 18.2 Å². The van der Waals surface area contributed by atoms with E-state index in [0.717, 1.165) is 0 Å². The van der Waals surface area contributed by atoms with Crippen LogP contribution in [0.4, 0.5) is 0 Å². The number of aromatic hydroxyl groups is 2. The molecule has 0 spiro atoms. The number of carbonyl (C=O) groups is 4. The molecule has 0 radical (unpaired) electrons. The number of alkyl halides is 1. The molecule has 0 unspecified atom stereocenters. The second-order valence-electron chi connectivity index (χ2n) is 10.8. The fourth-order valence-electron chi connectivity index (χ4n) is 5.96. The van der Waals surface area contributed by atoms with Gasteiger partial charge in [0, 0.05) is 42.4 Å². The summed E-state index contributed by atoms with van der Waals surface area (Å²) >= 11 is 6.54. The Morgan fingerprint density at radius 3 is 2.43 bits per heavy atom. The van der Waals surface area contributed by atoms with Crippen molar-refractivity contribution in [2.75, 3.05) is 7.11 Å². The molecule has 1 aliphatic heterocycles. The normalized spacial score (nSPS) is 28.4. The van der Waals surface area contributed by atoms with Crippen molar-refractivity contribution in [2.24, 2.45) is 0 Å². The van der Waals surface area contributed by atoms with Gasteiger partial charge >= 0.3 is 5.97 Å². The van der Waals surface area contributed by atoms with Gasteiger partial charge in [-0.25, -0.2) is 0 Å². The highest BCUT2D eigenvalue weighted by Crippen LogP contribution is 2.52. The van der Waals surface area contributed by atoms with Crippen LogP contribution >= 0.6 is 11.6 Å². The Bertz CT molecular complexity index is 1490. The molecule has 11 nitrogen and oxygen atoms in total. The average Bonchev–Trinajstić information content (AvgIpc) is 2.94. The first-order valence-corrected chi connectivity index (χ1v) is 14.0. The van der Waals surface area contributed by atoms with Crippen molar-refractivity contribution in [3.8, 4) is 17.2 Å². The van der Waals surface area contributed by atoms with E-state index in [9.17, 15) is 34.5 Å². The van der Waals surface area contributed by atoms with Gasteiger partial charge in [-0.15, -0.1) is 11.6 Å². The van der Waals surface area contributed by atoms with Crippen molar-refractivity contribution in [3.05, 3.63) is 51.6 Å². The first kappa shape index (κ1) is 30.0. The first-order valence-electron chi connectivity index (χ1n) is 13.6. The van der Waals surface area contributed by atoms with Crippen LogP contribution in [0.25, 0.3) is 0 Å². The molecule has 3 aliphatic rings. The van der Waals surface area contributed by atoms with Gasteiger partial charge in [-0.1, -0.05) is 19.1 Å². The van der Waals surface area contributed by atoms with Gasteiger partial charge in [0.05, 0.1) is 41.4 Å². The molecule has 0 bridgehead atoms. The summed E-state index contributed by atoms with van der Waals surface area (Å²) in [4.78, 5) is 51.7. The number of benzene rings is 2. The zero-order chi connectivity index (χ0) is 30.7. The summed E-state index contributed by atoms with van der Waals surface area (Å²) in [7, 11) is 1.34. The lowest BCUT2D eigenvalue weighted by atomic mass is 9.72. The van der Waals surface area contributed by atoms with Crippen molar-refractivity contribution in [1.29, 1.82) is 0 Å². The van der Waals surface area contributed by atoms with Gasteiger partial charge in [0.2, 0.25) is 5.78 Å². The largest absolute Gasteiger partial charge is 0.507 e. The molecule has 2 aromatic carbocycles. The maximum Gasteiger partial charge on any atom is 0.305 e. The number of fused-ring (bicyclic) bond motifs is 3. The number of phenolic OH excluding ortho intramolecular Hbond substituents is 2. The summed E-state index contributed by atoms with van der Waals surface area (Å²) in [6.07, 6.45) is -4.35. The molecule has 1 heterocycles. The van der Waals surface area contributed by atoms with Crippen LogP contribution in [0.5, 0.6) is 17.2 Å². The smallest absolute Gasteiger partial charge is 0.305 e. The maximum atomic E-state index is 13.7. The van der Waals surface area contributed by atoms with Crippen molar-refractivity contribution >= 4 is 34.9 Å². The number of esters is 1. The van der Waals surface area contributed by atoms with Crippen molar-refractivity contribution in [1.82, 2.24) is 0 Å². The monoisotopic (exact) mass is 602 g/mol. The number of phenols is 2. The van der Waals surface area contributed by atoms with Crippen LogP contribution in [0, 0.1) is 0 Å². The number of ketones is 3. The van der Waals surface area contributed by atoms with Crippen molar-refractivity contribution < 1.29 is 53.4 Å². The molecule has 2 aliphatic carbocycles. The van der Waals surface area contributed by atoms with Gasteiger partial charge in [-0.05, 0) is 19.9 Å². The summed E-state index contributed by atoms with van der Waals surface area (Å²) in [5, 5.41) is 33.6. The highest BCUT2D eigenvalue weighted by molar-refractivity contribution is 6.31. The molecule has 0 aromatic heterocycles. The van der Waals surface area contributed by atoms with E-state index in [-0.39, 0.29) is 47.3 Å². The molecule has 0 amide bonds. The molecular weight excluding hydrogens is 572 g/mol. The van der Waals surface area contributed by atoms with Crippen LogP contribution in [-0.4, -0.2) is 75.2 Å². The van der Waals surface area contributed by atoms with Crippen LogP contribution in [-0.2, 0) is 30.2 Å². The van der Waals surface area contributed by atoms with E-state index in [2.05, 4.69) is 0 Å². The third-order valence-electron chi connectivity index (χ3n) is 8.21. The number of methoxy groups -OCH3 is 1. The van der Waals surface area contributed by atoms with E-state index in [4.69, 9.17) is 30.5 Å². The summed E-state index contributed by atoms with van der Waals surface area (Å²) in [6, 6.07) is 4.42. The van der Waals surface area contributed by atoms with E-state index in [1.54, 1.807) is 13.8 Å². The van der Waals surface area contributed by atoms with E-state index in [1.807, 2.05) is 0 Å². The number of carbonyl (C=O) groups excluding carboxylic acids is 4. The van der Waals surface area contributed by atoms with Crippen LogP contribution in [0.1, 0.15) is 89.1 Å². The topological polar surface area (TPSA) is 166 Å². The lowest BCUT2D eigenvalue weighted by Gasteiger charge is -2.42. The molecule has 0 saturated carbocycles. The SMILES string of the molecule is CCC(=O)O[C@H]1[C@H](C)O[C@@H](O[C@H]2C[C@](O)(C(C)=O)Cc3c(O)c4c(c(O)c32)C(=O)c2c(OC)cccc2C4=O)C[C@@H]1Cl. The lowest BCUT2D eigenvalue weighted by molar-refractivity contribution is -0.246. The van der Waals surface area contributed by atoms with Gasteiger partial charge in [0.1, 0.15) is 29.0 Å². The van der Waals surface area contributed by atoms with Gasteiger partial charge in [-0.3, -0.25) is 19.2 Å². The van der Waals surface area contributed by atoms with Crippen molar-refractivity contribution in [2.45, 2.75) is 82.0 Å². The van der Waals surface area contributed by atoms with Crippen molar-refractivity contribution in [3.63, 3.8) is 0 Å². The van der Waals surface area contributed by atoms with Gasteiger partial charge < -0.3 is 34.3 Å². The van der Waals surface area contributed by atoms with Crippen LogP contribution in [0.2, 0.25) is 0 Å². The van der Waals surface area contributed by atoms with E-state index < -0.39 is 87.9 Å².